The van der Waals surface area contributed by atoms with Crippen LogP contribution in [0.5, 0.6) is 0 Å². The van der Waals surface area contributed by atoms with E-state index in [1.54, 1.807) is 18.2 Å². The molecule has 0 fully saturated rings. The lowest BCUT2D eigenvalue weighted by atomic mass is 10.0. The Balaban J connectivity index is 2.16. The van der Waals surface area contributed by atoms with Crippen molar-refractivity contribution in [1.82, 2.24) is 9.78 Å². The maximum Gasteiger partial charge on any atom is 0.435 e. The van der Waals surface area contributed by atoms with Gasteiger partial charge in [0.1, 0.15) is 5.82 Å². The van der Waals surface area contributed by atoms with Gasteiger partial charge < -0.3 is 5.32 Å². The van der Waals surface area contributed by atoms with Gasteiger partial charge in [-0.15, -0.1) is 0 Å². The van der Waals surface area contributed by atoms with Gasteiger partial charge in [-0.2, -0.15) is 31.4 Å². The average Bonchev–Trinajstić information content (AvgIpc) is 2.98. The molecule has 0 unspecified atom stereocenters. The first kappa shape index (κ1) is 20.4. The summed E-state index contributed by atoms with van der Waals surface area (Å²) in [6, 6.07) is 11.1. The number of nitrogens with one attached hydrogen (secondary N) is 1. The Morgan fingerprint density at radius 2 is 1.59 bits per heavy atom. The summed E-state index contributed by atoms with van der Waals surface area (Å²) < 4.78 is 80.4. The molecule has 0 aliphatic heterocycles. The van der Waals surface area contributed by atoms with Crippen molar-refractivity contribution < 1.29 is 31.1 Å². The molecule has 0 aliphatic rings. The third-order valence-corrected chi connectivity index (χ3v) is 4.06. The van der Waals surface area contributed by atoms with Crippen molar-refractivity contribution in [2.75, 3.05) is 5.32 Å². The molecule has 3 rings (SSSR count). The second-order valence-electron chi connectivity index (χ2n) is 6.09. The van der Waals surface area contributed by atoms with Crippen LogP contribution in [0.4, 0.5) is 32.2 Å². The number of nitrogens with zero attached hydrogens (tertiary/aromatic N) is 2. The number of amides is 1. The number of carbonyl (C=O) groups excluding carboxylic acids is 1. The van der Waals surface area contributed by atoms with E-state index in [-0.39, 0.29) is 16.9 Å². The van der Waals surface area contributed by atoms with Gasteiger partial charge in [0.25, 0.3) is 5.91 Å². The van der Waals surface area contributed by atoms with Crippen LogP contribution in [-0.4, -0.2) is 15.7 Å². The Labute approximate surface area is 160 Å². The molecular formula is C19H13F6N3O. The van der Waals surface area contributed by atoms with Crippen LogP contribution >= 0.6 is 0 Å². The standard InChI is InChI=1S/C19H13F6N3O/c1-28-16(26-17(29)11-6-3-2-4-7-11)14(15(27-28)19(23,24)25)12-8-5-9-13(10-12)18(20,21)22/h2-10H,1H3,(H,26,29). The number of anilines is 1. The minimum atomic E-state index is -4.95. The highest BCUT2D eigenvalue weighted by Crippen LogP contribution is 2.42. The molecule has 0 saturated carbocycles. The fraction of sp³-hybridized carbons (Fsp3) is 0.158. The smallest absolute Gasteiger partial charge is 0.306 e. The van der Waals surface area contributed by atoms with Gasteiger partial charge in [0.2, 0.25) is 0 Å². The SMILES string of the molecule is Cn1nc(C(F)(F)F)c(-c2cccc(C(F)(F)F)c2)c1NC(=O)c1ccccc1. The Bertz CT molecular complexity index is 1040. The summed E-state index contributed by atoms with van der Waals surface area (Å²) in [5.41, 5.74) is -3.37. The third kappa shape index (κ3) is 4.25. The van der Waals surface area contributed by atoms with Crippen LogP contribution in [0.2, 0.25) is 0 Å². The predicted molar refractivity (Wildman–Crippen MR) is 93.0 cm³/mol. The average molecular weight is 413 g/mol. The van der Waals surface area contributed by atoms with E-state index >= 15 is 0 Å². The minimum absolute atomic E-state index is 0.164. The number of carbonyl (C=O) groups is 1. The Kier molecular flexibility index (Phi) is 5.12. The third-order valence-electron chi connectivity index (χ3n) is 4.06. The fourth-order valence-electron chi connectivity index (χ4n) is 2.76. The number of aryl methyl sites for hydroxylation is 1. The van der Waals surface area contributed by atoms with Crippen LogP contribution in [-0.2, 0) is 19.4 Å². The summed E-state index contributed by atoms with van der Waals surface area (Å²) in [5.74, 6) is -1.10. The largest absolute Gasteiger partial charge is 0.435 e. The van der Waals surface area contributed by atoms with E-state index in [0.717, 1.165) is 29.9 Å². The monoisotopic (exact) mass is 413 g/mol. The molecule has 4 nitrogen and oxygen atoms in total. The predicted octanol–water partition coefficient (Wildman–Crippen LogP) is 5.38. The topological polar surface area (TPSA) is 46.9 Å². The Morgan fingerprint density at radius 3 is 2.17 bits per heavy atom. The van der Waals surface area contributed by atoms with Crippen molar-refractivity contribution in [2.24, 2.45) is 7.05 Å². The molecule has 1 amide bonds. The van der Waals surface area contributed by atoms with E-state index in [2.05, 4.69) is 10.4 Å². The molecule has 0 bridgehead atoms. The highest BCUT2D eigenvalue weighted by atomic mass is 19.4. The minimum Gasteiger partial charge on any atom is -0.306 e. The van der Waals surface area contributed by atoms with E-state index in [0.29, 0.717) is 6.07 Å². The van der Waals surface area contributed by atoms with E-state index < -0.39 is 35.1 Å². The van der Waals surface area contributed by atoms with Crippen molar-refractivity contribution in [3.8, 4) is 11.1 Å². The van der Waals surface area contributed by atoms with Crippen LogP contribution in [0.15, 0.2) is 54.6 Å². The van der Waals surface area contributed by atoms with Crippen molar-refractivity contribution in [1.29, 1.82) is 0 Å². The molecule has 0 radical (unpaired) electrons. The van der Waals surface area contributed by atoms with Crippen molar-refractivity contribution in [3.63, 3.8) is 0 Å². The highest BCUT2D eigenvalue weighted by molar-refractivity contribution is 6.05. The molecule has 0 saturated heterocycles. The molecule has 29 heavy (non-hydrogen) atoms. The molecule has 1 aromatic heterocycles. The molecule has 0 atom stereocenters. The van der Waals surface area contributed by atoms with E-state index in [4.69, 9.17) is 0 Å². The van der Waals surface area contributed by atoms with Gasteiger partial charge in [-0.25, -0.2) is 0 Å². The lowest BCUT2D eigenvalue weighted by Gasteiger charge is -2.13. The first-order chi connectivity index (χ1) is 13.5. The highest BCUT2D eigenvalue weighted by Gasteiger charge is 2.40. The number of aromatic nitrogens is 2. The summed E-state index contributed by atoms with van der Waals surface area (Å²) >= 11 is 0. The van der Waals surface area contributed by atoms with Gasteiger partial charge in [-0.05, 0) is 29.8 Å². The maximum atomic E-state index is 13.5. The van der Waals surface area contributed by atoms with Crippen LogP contribution in [0.25, 0.3) is 11.1 Å². The van der Waals surface area contributed by atoms with E-state index in [9.17, 15) is 31.1 Å². The molecule has 3 aromatic rings. The van der Waals surface area contributed by atoms with Crippen molar-refractivity contribution in [3.05, 3.63) is 71.4 Å². The lowest BCUT2D eigenvalue weighted by Crippen LogP contribution is -2.15. The van der Waals surface area contributed by atoms with Gasteiger partial charge in [0.05, 0.1) is 11.1 Å². The summed E-state index contributed by atoms with van der Waals surface area (Å²) in [6.07, 6.45) is -9.69. The molecule has 152 valence electrons. The first-order valence-electron chi connectivity index (χ1n) is 8.16. The van der Waals surface area contributed by atoms with Gasteiger partial charge in [0, 0.05) is 12.6 Å². The van der Waals surface area contributed by atoms with Crippen molar-refractivity contribution >= 4 is 11.7 Å². The molecule has 0 spiro atoms. The number of halogens is 6. The molecule has 10 heteroatoms. The maximum absolute atomic E-state index is 13.5. The van der Waals surface area contributed by atoms with Gasteiger partial charge >= 0.3 is 12.4 Å². The Morgan fingerprint density at radius 1 is 0.931 bits per heavy atom. The molecule has 0 aliphatic carbocycles. The summed E-state index contributed by atoms with van der Waals surface area (Å²) in [7, 11) is 1.16. The summed E-state index contributed by atoms with van der Waals surface area (Å²) in [5, 5.41) is 5.72. The number of hydrogen-bond acceptors (Lipinski definition) is 2. The van der Waals surface area contributed by atoms with Gasteiger partial charge in [-0.1, -0.05) is 30.3 Å². The zero-order chi connectivity index (χ0) is 21.4. The van der Waals surface area contributed by atoms with E-state index in [1.165, 1.54) is 12.1 Å². The zero-order valence-corrected chi connectivity index (χ0v) is 14.8. The summed E-state index contributed by atoms with van der Waals surface area (Å²) in [4.78, 5) is 12.4. The van der Waals surface area contributed by atoms with Gasteiger partial charge in [-0.3, -0.25) is 9.48 Å². The second kappa shape index (κ2) is 7.26. The summed E-state index contributed by atoms with van der Waals surface area (Å²) in [6.45, 7) is 0. The number of benzene rings is 2. The van der Waals surface area contributed by atoms with Crippen molar-refractivity contribution in [2.45, 2.75) is 12.4 Å². The lowest BCUT2D eigenvalue weighted by molar-refractivity contribution is -0.141. The molecule has 1 heterocycles. The molecular weight excluding hydrogens is 400 g/mol. The quantitative estimate of drug-likeness (QED) is 0.587. The normalized spacial score (nSPS) is 12.1. The second-order valence-corrected chi connectivity index (χ2v) is 6.09. The molecule has 1 N–H and O–H groups in total. The number of rotatable bonds is 3. The van der Waals surface area contributed by atoms with Crippen LogP contribution in [0, 0.1) is 0 Å². The van der Waals surface area contributed by atoms with E-state index in [1.807, 2.05) is 0 Å². The number of hydrogen-bond donors (Lipinski definition) is 1. The number of alkyl halides is 6. The molecule has 2 aromatic carbocycles. The van der Waals surface area contributed by atoms with Crippen LogP contribution < -0.4 is 5.32 Å². The fourth-order valence-corrected chi connectivity index (χ4v) is 2.76. The van der Waals surface area contributed by atoms with Crippen LogP contribution in [0.1, 0.15) is 21.6 Å². The zero-order valence-electron chi connectivity index (χ0n) is 14.8. The van der Waals surface area contributed by atoms with Crippen LogP contribution in [0.3, 0.4) is 0 Å². The first-order valence-corrected chi connectivity index (χ1v) is 8.16. The Hall–Kier alpha value is -3.30. The van der Waals surface area contributed by atoms with Gasteiger partial charge in [0.15, 0.2) is 5.69 Å².